The molecule has 2 aromatic carbocycles. The van der Waals surface area contributed by atoms with E-state index < -0.39 is 16.8 Å². The van der Waals surface area contributed by atoms with Crippen LogP contribution in [0.3, 0.4) is 0 Å². The second kappa shape index (κ2) is 9.35. The minimum atomic E-state index is -2.49. The van der Waals surface area contributed by atoms with Crippen molar-refractivity contribution >= 4 is 51.9 Å². The summed E-state index contributed by atoms with van der Waals surface area (Å²) < 4.78 is 38.0. The van der Waals surface area contributed by atoms with E-state index in [1.807, 2.05) is 0 Å². The third-order valence-electron chi connectivity index (χ3n) is 4.66. The number of carbonyl (C=O) groups is 2. The quantitative estimate of drug-likeness (QED) is 0.567. The van der Waals surface area contributed by atoms with Gasteiger partial charge in [-0.15, -0.1) is 0 Å². The smallest absolute Gasteiger partial charge is 0.288 e. The first-order chi connectivity index (χ1) is 14.9. The van der Waals surface area contributed by atoms with Crippen LogP contribution in [0.1, 0.15) is 19.3 Å². The average molecular weight is 466 g/mol. The fourth-order valence-corrected chi connectivity index (χ4v) is 4.80. The highest BCUT2D eigenvalue weighted by Gasteiger charge is 2.46. The molecule has 2 amide bonds. The molecule has 1 N–H and O–H groups in total. The van der Waals surface area contributed by atoms with Crippen LogP contribution in [0.15, 0.2) is 58.4 Å². The number of thioether (sulfide) groups is 2. The summed E-state index contributed by atoms with van der Waals surface area (Å²) in [6.45, 7) is 0. The zero-order valence-corrected chi connectivity index (χ0v) is 17.8. The summed E-state index contributed by atoms with van der Waals surface area (Å²) >= 11 is 1.68. The Morgan fingerprint density at radius 3 is 2.45 bits per heavy atom. The van der Waals surface area contributed by atoms with Gasteiger partial charge in [-0.2, -0.15) is 8.78 Å². The highest BCUT2D eigenvalue weighted by molar-refractivity contribution is 8.15. The average Bonchev–Trinajstić information content (AvgIpc) is 3.51. The normalized spacial score (nSPS) is 20.0. The van der Waals surface area contributed by atoms with Crippen molar-refractivity contribution in [2.75, 3.05) is 5.32 Å². The van der Waals surface area contributed by atoms with E-state index in [0.717, 1.165) is 12.8 Å². The van der Waals surface area contributed by atoms with Gasteiger partial charge in [0.1, 0.15) is 11.1 Å². The summed E-state index contributed by atoms with van der Waals surface area (Å²) in [5.74, 6) is -3.40. The van der Waals surface area contributed by atoms with Crippen LogP contribution in [0.2, 0.25) is 0 Å². The first-order valence-corrected chi connectivity index (χ1v) is 11.3. The summed E-state index contributed by atoms with van der Waals surface area (Å²) in [5.41, 5.74) is 1.01. The van der Waals surface area contributed by atoms with Crippen LogP contribution in [0.5, 0.6) is 0 Å². The number of aliphatic imine (C=N–C) groups is 1. The summed E-state index contributed by atoms with van der Waals surface area (Å²) in [7, 11) is 0. The molecule has 10 heteroatoms. The lowest BCUT2D eigenvalue weighted by molar-refractivity contribution is -0.128. The van der Waals surface area contributed by atoms with Crippen molar-refractivity contribution in [2.45, 2.75) is 41.2 Å². The second-order valence-corrected chi connectivity index (χ2v) is 9.31. The number of nitrogens with one attached hydrogen (secondary N) is 1. The molecule has 1 aliphatic carbocycles. The van der Waals surface area contributed by atoms with Crippen molar-refractivity contribution in [3.63, 3.8) is 0 Å². The van der Waals surface area contributed by atoms with Crippen LogP contribution in [0.25, 0.3) is 0 Å². The van der Waals surface area contributed by atoms with Gasteiger partial charge in [0.25, 0.3) is 5.76 Å². The predicted molar refractivity (Wildman–Crippen MR) is 116 cm³/mol. The Hall–Kier alpha value is -2.46. The second-order valence-electron chi connectivity index (χ2n) is 7.07. The Morgan fingerprint density at radius 1 is 1.16 bits per heavy atom. The Morgan fingerprint density at radius 2 is 1.84 bits per heavy atom. The van der Waals surface area contributed by atoms with E-state index in [0.29, 0.717) is 33.2 Å². The van der Waals surface area contributed by atoms with Crippen molar-refractivity contribution < 1.29 is 22.8 Å². The molecule has 1 saturated heterocycles. The molecule has 31 heavy (non-hydrogen) atoms. The maximum Gasteiger partial charge on any atom is 0.288 e. The molecule has 162 valence electrons. The number of amidine groups is 1. The largest absolute Gasteiger partial charge is 0.326 e. The van der Waals surface area contributed by atoms with Crippen LogP contribution in [-0.2, 0) is 9.59 Å². The first kappa shape index (κ1) is 21.8. The van der Waals surface area contributed by atoms with Gasteiger partial charge in [-0.05, 0) is 61.4 Å². The molecule has 1 heterocycles. The SMILES string of the molecule is O=C(CC1SC(=Nc2ccc(SC(F)F)cc2)N(C2CC2)C1=O)Nc1ccc(F)cc1. The summed E-state index contributed by atoms with van der Waals surface area (Å²) in [4.78, 5) is 31.9. The van der Waals surface area contributed by atoms with E-state index in [4.69, 9.17) is 0 Å². The third kappa shape index (κ3) is 5.62. The number of amides is 2. The molecule has 4 rings (SSSR count). The number of nitrogens with zero attached hydrogens (tertiary/aromatic N) is 2. The lowest BCUT2D eigenvalue weighted by atomic mass is 10.2. The van der Waals surface area contributed by atoms with Crippen molar-refractivity contribution in [2.24, 2.45) is 4.99 Å². The van der Waals surface area contributed by atoms with Crippen molar-refractivity contribution in [3.05, 3.63) is 54.3 Å². The van der Waals surface area contributed by atoms with Gasteiger partial charge in [-0.1, -0.05) is 23.5 Å². The summed E-state index contributed by atoms with van der Waals surface area (Å²) in [6.07, 6.45) is 1.72. The van der Waals surface area contributed by atoms with Gasteiger partial charge in [0.05, 0.1) is 5.69 Å². The van der Waals surface area contributed by atoms with Crippen LogP contribution in [0, 0.1) is 5.82 Å². The lowest BCUT2D eigenvalue weighted by Crippen LogP contribution is -2.35. The third-order valence-corrected chi connectivity index (χ3v) is 6.54. The topological polar surface area (TPSA) is 61.8 Å². The van der Waals surface area contributed by atoms with Gasteiger partial charge in [0, 0.05) is 23.0 Å². The Balaban J connectivity index is 1.45. The van der Waals surface area contributed by atoms with Crippen LogP contribution in [0.4, 0.5) is 24.5 Å². The van der Waals surface area contributed by atoms with E-state index in [-0.39, 0.29) is 24.3 Å². The minimum Gasteiger partial charge on any atom is -0.326 e. The summed E-state index contributed by atoms with van der Waals surface area (Å²) in [5, 5.41) is 2.58. The Bertz CT molecular complexity index is 996. The summed E-state index contributed by atoms with van der Waals surface area (Å²) in [6, 6.07) is 11.9. The molecular formula is C21H18F3N3O2S2. The van der Waals surface area contributed by atoms with Gasteiger partial charge in [0.2, 0.25) is 11.8 Å². The standard InChI is InChI=1S/C21H18F3N3O2S2/c22-12-1-3-13(4-2-12)25-18(28)11-17-19(29)27(15-7-8-15)21(31-17)26-14-5-9-16(10-6-14)30-20(23)24/h1-6,9-10,15,17,20H,7-8,11H2,(H,25,28). The molecule has 1 unspecified atom stereocenters. The number of alkyl halides is 2. The zero-order chi connectivity index (χ0) is 22.0. The maximum atomic E-state index is 13.0. The number of anilines is 1. The molecule has 0 spiro atoms. The molecular weight excluding hydrogens is 447 g/mol. The molecule has 0 bridgehead atoms. The van der Waals surface area contributed by atoms with E-state index >= 15 is 0 Å². The monoisotopic (exact) mass is 465 g/mol. The Kier molecular flexibility index (Phi) is 6.57. The molecule has 2 aromatic rings. The first-order valence-electron chi connectivity index (χ1n) is 9.58. The molecule has 0 radical (unpaired) electrons. The molecule has 1 aliphatic heterocycles. The zero-order valence-electron chi connectivity index (χ0n) is 16.1. The fourth-order valence-electron chi connectivity index (χ4n) is 3.09. The number of hydrogen-bond acceptors (Lipinski definition) is 5. The van der Waals surface area contributed by atoms with Gasteiger partial charge in [-0.25, -0.2) is 9.38 Å². The molecule has 0 aromatic heterocycles. The van der Waals surface area contributed by atoms with Crippen LogP contribution in [-0.4, -0.2) is 38.9 Å². The lowest BCUT2D eigenvalue weighted by Gasteiger charge is -2.15. The number of rotatable bonds is 7. The van der Waals surface area contributed by atoms with E-state index in [2.05, 4.69) is 10.3 Å². The van der Waals surface area contributed by atoms with Gasteiger partial charge in [-0.3, -0.25) is 14.5 Å². The fraction of sp³-hybridized carbons (Fsp3) is 0.286. The molecule has 2 aliphatic rings. The van der Waals surface area contributed by atoms with E-state index in [1.165, 1.54) is 36.0 Å². The van der Waals surface area contributed by atoms with Crippen molar-refractivity contribution in [3.8, 4) is 0 Å². The predicted octanol–water partition coefficient (Wildman–Crippen LogP) is 5.26. The number of carbonyl (C=O) groups excluding carboxylic acids is 2. The van der Waals surface area contributed by atoms with Crippen molar-refractivity contribution in [1.29, 1.82) is 0 Å². The maximum absolute atomic E-state index is 13.0. The van der Waals surface area contributed by atoms with Gasteiger partial charge < -0.3 is 5.32 Å². The highest BCUT2D eigenvalue weighted by Crippen LogP contribution is 2.39. The molecule has 1 atom stereocenters. The van der Waals surface area contributed by atoms with Crippen LogP contribution >= 0.6 is 23.5 Å². The molecule has 1 saturated carbocycles. The molecule has 2 fully saturated rings. The number of benzene rings is 2. The van der Waals surface area contributed by atoms with Gasteiger partial charge >= 0.3 is 0 Å². The number of halogens is 3. The Labute approximate surface area is 185 Å². The minimum absolute atomic E-state index is 0.0346. The van der Waals surface area contributed by atoms with Gasteiger partial charge in [0.15, 0.2) is 5.17 Å². The van der Waals surface area contributed by atoms with E-state index in [9.17, 15) is 22.8 Å². The molecule has 5 nitrogen and oxygen atoms in total. The van der Waals surface area contributed by atoms with Crippen molar-refractivity contribution in [1.82, 2.24) is 4.90 Å². The van der Waals surface area contributed by atoms with E-state index in [1.54, 1.807) is 29.2 Å². The number of hydrogen-bond donors (Lipinski definition) is 1. The highest BCUT2D eigenvalue weighted by atomic mass is 32.2. The van der Waals surface area contributed by atoms with Crippen LogP contribution < -0.4 is 5.32 Å².